The van der Waals surface area contributed by atoms with Gasteiger partial charge in [0.1, 0.15) is 6.54 Å². The summed E-state index contributed by atoms with van der Waals surface area (Å²) in [5.41, 5.74) is 2.43. The molecule has 1 amide bonds. The molecule has 124 valence electrons. The monoisotopic (exact) mass is 324 g/mol. The predicted octanol–water partition coefficient (Wildman–Crippen LogP) is 2.47. The lowest BCUT2D eigenvalue weighted by Crippen LogP contribution is -2.22. The number of nitrogens with zero attached hydrogens (tertiary/aromatic N) is 2. The van der Waals surface area contributed by atoms with E-state index in [1.807, 2.05) is 59.2 Å². The van der Waals surface area contributed by atoms with Crippen molar-refractivity contribution in [3.05, 3.63) is 54.6 Å². The molecule has 0 bridgehead atoms. The number of anilines is 2. The first-order chi connectivity index (χ1) is 11.6. The number of benzene rings is 2. The largest absolute Gasteiger partial charge is 0.392 e. The van der Waals surface area contributed by atoms with Gasteiger partial charge in [-0.25, -0.2) is 4.98 Å². The van der Waals surface area contributed by atoms with Crippen LogP contribution in [0.3, 0.4) is 0 Å². The molecule has 0 aliphatic carbocycles. The Kier molecular flexibility index (Phi) is 4.77. The van der Waals surface area contributed by atoms with E-state index >= 15 is 0 Å². The highest BCUT2D eigenvalue weighted by Gasteiger charge is 2.14. The number of carbonyl (C=O) groups excluding carboxylic acids is 1. The normalized spacial score (nSPS) is 12.1. The molecule has 0 fully saturated rings. The van der Waals surface area contributed by atoms with Crippen molar-refractivity contribution in [1.82, 2.24) is 9.55 Å². The molecule has 2 aromatic carbocycles. The minimum atomic E-state index is -0.503. The van der Waals surface area contributed by atoms with Gasteiger partial charge in [0.25, 0.3) is 0 Å². The first-order valence-electron chi connectivity index (χ1n) is 7.85. The molecule has 6 heteroatoms. The van der Waals surface area contributed by atoms with Crippen molar-refractivity contribution in [2.45, 2.75) is 19.6 Å². The van der Waals surface area contributed by atoms with E-state index in [4.69, 9.17) is 0 Å². The average molecular weight is 324 g/mol. The van der Waals surface area contributed by atoms with E-state index in [-0.39, 0.29) is 12.5 Å². The number of imidazole rings is 1. The lowest BCUT2D eigenvalue weighted by Gasteiger charge is -2.12. The molecule has 0 spiro atoms. The van der Waals surface area contributed by atoms with Crippen LogP contribution in [0.5, 0.6) is 0 Å². The predicted molar refractivity (Wildman–Crippen MR) is 95.0 cm³/mol. The summed E-state index contributed by atoms with van der Waals surface area (Å²) in [6.07, 6.45) is -0.503. The Morgan fingerprint density at radius 1 is 1.17 bits per heavy atom. The molecule has 0 saturated carbocycles. The number of hydrogen-bond donors (Lipinski definition) is 3. The Morgan fingerprint density at radius 3 is 2.62 bits per heavy atom. The van der Waals surface area contributed by atoms with E-state index < -0.39 is 6.10 Å². The third kappa shape index (κ3) is 3.72. The van der Waals surface area contributed by atoms with Gasteiger partial charge < -0.3 is 20.3 Å². The van der Waals surface area contributed by atoms with Crippen LogP contribution in [0.4, 0.5) is 11.6 Å². The second-order valence-corrected chi connectivity index (χ2v) is 5.65. The number of aliphatic hydroxyl groups is 1. The number of aliphatic hydroxyl groups excluding tert-OH is 1. The van der Waals surface area contributed by atoms with E-state index in [0.29, 0.717) is 12.5 Å². The van der Waals surface area contributed by atoms with Crippen molar-refractivity contribution < 1.29 is 9.90 Å². The Bertz CT molecular complexity index is 827. The summed E-state index contributed by atoms with van der Waals surface area (Å²) < 4.78 is 1.82. The second kappa shape index (κ2) is 7.14. The fourth-order valence-corrected chi connectivity index (χ4v) is 2.48. The zero-order valence-corrected chi connectivity index (χ0v) is 13.4. The van der Waals surface area contributed by atoms with Crippen LogP contribution in [-0.4, -0.2) is 33.2 Å². The topological polar surface area (TPSA) is 79.2 Å². The Balaban J connectivity index is 1.83. The summed E-state index contributed by atoms with van der Waals surface area (Å²) >= 11 is 0. The van der Waals surface area contributed by atoms with Gasteiger partial charge in [-0.3, -0.25) is 4.79 Å². The molecule has 0 aliphatic rings. The summed E-state index contributed by atoms with van der Waals surface area (Å²) in [6, 6.07) is 17.0. The Labute approximate surface area is 140 Å². The molecule has 0 saturated heterocycles. The maximum Gasteiger partial charge on any atom is 0.244 e. The second-order valence-electron chi connectivity index (χ2n) is 5.65. The van der Waals surface area contributed by atoms with Crippen LogP contribution in [-0.2, 0) is 11.3 Å². The van der Waals surface area contributed by atoms with E-state index in [1.165, 1.54) is 0 Å². The summed E-state index contributed by atoms with van der Waals surface area (Å²) in [5.74, 6) is 0.435. The number of amides is 1. The van der Waals surface area contributed by atoms with Crippen LogP contribution in [0, 0.1) is 0 Å². The summed E-state index contributed by atoms with van der Waals surface area (Å²) in [4.78, 5) is 16.9. The van der Waals surface area contributed by atoms with Crippen LogP contribution < -0.4 is 10.6 Å². The number of fused-ring (bicyclic) bond motifs is 1. The van der Waals surface area contributed by atoms with Gasteiger partial charge in [0.05, 0.1) is 17.1 Å². The van der Waals surface area contributed by atoms with E-state index in [0.717, 1.165) is 16.7 Å². The molecule has 0 radical (unpaired) electrons. The summed E-state index contributed by atoms with van der Waals surface area (Å²) in [7, 11) is 0. The van der Waals surface area contributed by atoms with Crippen LogP contribution in [0.25, 0.3) is 11.0 Å². The Morgan fingerprint density at radius 2 is 1.88 bits per heavy atom. The van der Waals surface area contributed by atoms with E-state index in [1.54, 1.807) is 6.92 Å². The first-order valence-corrected chi connectivity index (χ1v) is 7.85. The molecule has 24 heavy (non-hydrogen) atoms. The van der Waals surface area contributed by atoms with Crippen molar-refractivity contribution in [3.8, 4) is 0 Å². The SMILES string of the molecule is CC(O)CNc1nc2ccccc2n1CC(=O)Nc1ccccc1. The number of nitrogens with one attached hydrogen (secondary N) is 2. The highest BCUT2D eigenvalue weighted by Crippen LogP contribution is 2.19. The number of para-hydroxylation sites is 3. The molecule has 3 N–H and O–H groups in total. The van der Waals surface area contributed by atoms with Crippen LogP contribution >= 0.6 is 0 Å². The van der Waals surface area contributed by atoms with Gasteiger partial charge in [-0.05, 0) is 31.2 Å². The molecule has 3 aromatic rings. The third-order valence-corrected chi connectivity index (χ3v) is 3.57. The van der Waals surface area contributed by atoms with Gasteiger partial charge in [0.15, 0.2) is 0 Å². The quantitative estimate of drug-likeness (QED) is 0.651. The fraction of sp³-hybridized carbons (Fsp3) is 0.222. The van der Waals surface area contributed by atoms with E-state index in [2.05, 4.69) is 15.6 Å². The van der Waals surface area contributed by atoms with E-state index in [9.17, 15) is 9.90 Å². The lowest BCUT2D eigenvalue weighted by atomic mass is 10.3. The van der Waals surface area contributed by atoms with Crippen molar-refractivity contribution in [2.75, 3.05) is 17.2 Å². The minimum absolute atomic E-state index is 0.135. The zero-order chi connectivity index (χ0) is 16.9. The number of carbonyl (C=O) groups is 1. The first kappa shape index (κ1) is 16.0. The molecule has 1 unspecified atom stereocenters. The lowest BCUT2D eigenvalue weighted by molar-refractivity contribution is -0.116. The van der Waals surface area contributed by atoms with Crippen molar-refractivity contribution in [3.63, 3.8) is 0 Å². The van der Waals surface area contributed by atoms with Gasteiger partial charge in [-0.1, -0.05) is 30.3 Å². The number of aromatic nitrogens is 2. The molecular formula is C18H20N4O2. The standard InChI is InChI=1S/C18H20N4O2/c1-13(23)11-19-18-21-15-9-5-6-10-16(15)22(18)12-17(24)20-14-7-3-2-4-8-14/h2-10,13,23H,11-12H2,1H3,(H,19,21)(H,20,24). The molecule has 0 aliphatic heterocycles. The molecule has 6 nitrogen and oxygen atoms in total. The highest BCUT2D eigenvalue weighted by molar-refractivity contribution is 5.92. The van der Waals surface area contributed by atoms with Gasteiger partial charge in [0, 0.05) is 12.2 Å². The Hall–Kier alpha value is -2.86. The number of rotatable bonds is 6. The average Bonchev–Trinajstić information content (AvgIpc) is 2.91. The van der Waals surface area contributed by atoms with Crippen LogP contribution in [0.15, 0.2) is 54.6 Å². The summed E-state index contributed by atoms with van der Waals surface area (Å²) in [5, 5.41) is 15.4. The highest BCUT2D eigenvalue weighted by atomic mass is 16.3. The number of hydrogen-bond acceptors (Lipinski definition) is 4. The van der Waals surface area contributed by atoms with Gasteiger partial charge >= 0.3 is 0 Å². The molecule has 1 atom stereocenters. The maximum absolute atomic E-state index is 12.4. The van der Waals surface area contributed by atoms with Gasteiger partial charge in [0.2, 0.25) is 11.9 Å². The van der Waals surface area contributed by atoms with Crippen molar-refractivity contribution >= 4 is 28.6 Å². The fourth-order valence-electron chi connectivity index (χ4n) is 2.48. The van der Waals surface area contributed by atoms with Crippen molar-refractivity contribution in [1.29, 1.82) is 0 Å². The van der Waals surface area contributed by atoms with Crippen molar-refractivity contribution in [2.24, 2.45) is 0 Å². The maximum atomic E-state index is 12.4. The van der Waals surface area contributed by atoms with Gasteiger partial charge in [-0.15, -0.1) is 0 Å². The minimum Gasteiger partial charge on any atom is -0.392 e. The molecule has 1 heterocycles. The molecule has 1 aromatic heterocycles. The molecular weight excluding hydrogens is 304 g/mol. The van der Waals surface area contributed by atoms with Gasteiger partial charge in [-0.2, -0.15) is 0 Å². The van der Waals surface area contributed by atoms with Crippen LogP contribution in [0.1, 0.15) is 6.92 Å². The molecule has 3 rings (SSSR count). The van der Waals surface area contributed by atoms with Crippen LogP contribution in [0.2, 0.25) is 0 Å². The summed E-state index contributed by atoms with van der Waals surface area (Å²) in [6.45, 7) is 2.20. The smallest absolute Gasteiger partial charge is 0.244 e. The zero-order valence-electron chi connectivity index (χ0n) is 13.4. The third-order valence-electron chi connectivity index (χ3n) is 3.57.